The van der Waals surface area contributed by atoms with E-state index in [1.807, 2.05) is 6.92 Å². The van der Waals surface area contributed by atoms with Crippen molar-refractivity contribution in [2.45, 2.75) is 38.8 Å². The number of hydrogen-bond donors (Lipinski definition) is 0. The normalized spacial score (nSPS) is 23.0. The summed E-state index contributed by atoms with van der Waals surface area (Å²) in [7, 11) is 0. The number of amides is 2. The Labute approximate surface area is 224 Å². The van der Waals surface area contributed by atoms with Gasteiger partial charge in [-0.25, -0.2) is 9.69 Å². The van der Waals surface area contributed by atoms with Crippen LogP contribution in [0.5, 0.6) is 5.75 Å². The number of rotatable bonds is 8. The summed E-state index contributed by atoms with van der Waals surface area (Å²) in [6.07, 6.45) is 6.64. The molecule has 0 spiro atoms. The van der Waals surface area contributed by atoms with E-state index in [-0.39, 0.29) is 11.5 Å². The molecule has 0 saturated carbocycles. The zero-order chi connectivity index (χ0) is 27.7. The lowest BCUT2D eigenvalue weighted by atomic mass is 9.86. The maximum Gasteiger partial charge on any atom is 0.338 e. The fourth-order valence-electron chi connectivity index (χ4n) is 5.25. The molecule has 0 N–H and O–H groups in total. The number of ether oxygens (including phenoxy) is 2. The van der Waals surface area contributed by atoms with Crippen LogP contribution in [0.15, 0.2) is 65.8 Å². The molecule has 3 aliphatic heterocycles. The van der Waals surface area contributed by atoms with Crippen molar-refractivity contribution in [2.75, 3.05) is 11.5 Å². The van der Waals surface area contributed by atoms with Gasteiger partial charge in [0, 0.05) is 18.7 Å². The molecule has 2 amide bonds. The molecule has 3 aliphatic rings. The highest BCUT2D eigenvalue weighted by molar-refractivity contribution is 6.24. The smallest absolute Gasteiger partial charge is 0.338 e. The zero-order valence-electron chi connectivity index (χ0n) is 21.5. The van der Waals surface area contributed by atoms with Crippen molar-refractivity contribution in [3.63, 3.8) is 0 Å². The van der Waals surface area contributed by atoms with E-state index in [0.29, 0.717) is 23.4 Å². The Morgan fingerprint density at radius 1 is 0.923 bits per heavy atom. The molecule has 5 rings (SSSR count). The van der Waals surface area contributed by atoms with Crippen molar-refractivity contribution in [1.29, 1.82) is 0 Å². The highest BCUT2D eigenvalue weighted by Crippen LogP contribution is 2.46. The van der Waals surface area contributed by atoms with Crippen LogP contribution in [0.2, 0.25) is 0 Å². The van der Waals surface area contributed by atoms with Gasteiger partial charge in [-0.1, -0.05) is 19.4 Å². The van der Waals surface area contributed by atoms with E-state index in [2.05, 4.69) is 5.10 Å². The van der Waals surface area contributed by atoms with E-state index in [9.17, 15) is 24.0 Å². The summed E-state index contributed by atoms with van der Waals surface area (Å²) in [6, 6.07) is 10.6. The first-order valence-electron chi connectivity index (χ1n) is 12.8. The Bertz CT molecular complexity index is 1380. The zero-order valence-corrected chi connectivity index (χ0v) is 21.5. The maximum absolute atomic E-state index is 13.8. The predicted molar refractivity (Wildman–Crippen MR) is 140 cm³/mol. The first-order valence-corrected chi connectivity index (χ1v) is 12.8. The van der Waals surface area contributed by atoms with Gasteiger partial charge in [0.15, 0.2) is 5.78 Å². The molecular weight excluding hydrogens is 502 g/mol. The minimum Gasteiger partial charge on any atom is -0.462 e. The molecular formula is C29H27N3O7. The molecule has 2 saturated heterocycles. The van der Waals surface area contributed by atoms with Crippen molar-refractivity contribution in [3.8, 4) is 5.75 Å². The second-order valence-electron chi connectivity index (χ2n) is 9.55. The van der Waals surface area contributed by atoms with Crippen LogP contribution < -0.4 is 9.64 Å². The molecule has 0 bridgehead atoms. The minimum absolute atomic E-state index is 0.288. The van der Waals surface area contributed by atoms with Crippen molar-refractivity contribution in [1.82, 2.24) is 5.01 Å². The van der Waals surface area contributed by atoms with Gasteiger partial charge in [0.1, 0.15) is 11.8 Å². The van der Waals surface area contributed by atoms with E-state index in [0.717, 1.165) is 17.7 Å². The highest BCUT2D eigenvalue weighted by Gasteiger charge is 2.64. The number of fused-ring (bicyclic) bond motifs is 3. The van der Waals surface area contributed by atoms with Gasteiger partial charge in [0.25, 0.3) is 0 Å². The number of carbonyl (C=O) groups is 5. The van der Waals surface area contributed by atoms with Gasteiger partial charge in [0.05, 0.1) is 35.7 Å². The lowest BCUT2D eigenvalue weighted by molar-refractivity contribution is -0.132. The third-order valence-electron chi connectivity index (χ3n) is 7.05. The fraction of sp³-hybridized carbons (Fsp3) is 0.310. The monoisotopic (exact) mass is 529 g/mol. The number of anilines is 1. The predicted octanol–water partition coefficient (Wildman–Crippen LogP) is 3.17. The SMILES string of the molecule is CCCCOC(=O)c1ccc(N2C(=O)[C@@H]3[C@H](C2=O)[C@@H](C(=O)c2ccc(OC(C)=O)cc2)N2N=CC=C[C@@H]32)cc1. The summed E-state index contributed by atoms with van der Waals surface area (Å²) >= 11 is 0. The van der Waals surface area contributed by atoms with E-state index in [1.165, 1.54) is 66.7 Å². The second kappa shape index (κ2) is 10.6. The molecule has 0 unspecified atom stereocenters. The molecule has 3 heterocycles. The van der Waals surface area contributed by atoms with E-state index < -0.39 is 47.7 Å². The lowest BCUT2D eigenvalue weighted by Crippen LogP contribution is -2.46. The summed E-state index contributed by atoms with van der Waals surface area (Å²) in [6.45, 7) is 3.59. The third kappa shape index (κ3) is 4.73. The quantitative estimate of drug-likeness (QED) is 0.168. The summed E-state index contributed by atoms with van der Waals surface area (Å²) in [4.78, 5) is 65.7. The first-order chi connectivity index (χ1) is 18.8. The van der Waals surface area contributed by atoms with Crippen LogP contribution in [0.3, 0.4) is 0 Å². The molecule has 2 aromatic rings. The van der Waals surface area contributed by atoms with Crippen molar-refractivity contribution in [3.05, 3.63) is 71.8 Å². The molecule has 0 radical (unpaired) electrons. The Balaban J connectivity index is 1.41. The van der Waals surface area contributed by atoms with Gasteiger partial charge in [-0.2, -0.15) is 5.10 Å². The largest absolute Gasteiger partial charge is 0.462 e. The molecule has 200 valence electrons. The van der Waals surface area contributed by atoms with Crippen LogP contribution in [-0.2, 0) is 19.1 Å². The topological polar surface area (TPSA) is 123 Å². The number of ketones is 1. The minimum atomic E-state index is -1.00. The number of hydrazone groups is 1. The lowest BCUT2D eigenvalue weighted by Gasteiger charge is -2.30. The van der Waals surface area contributed by atoms with Crippen LogP contribution in [0.4, 0.5) is 5.69 Å². The number of benzene rings is 2. The summed E-state index contributed by atoms with van der Waals surface area (Å²) in [5, 5.41) is 5.87. The number of unbranched alkanes of at least 4 members (excludes halogenated alkanes) is 1. The van der Waals surface area contributed by atoms with Gasteiger partial charge in [-0.05, 0) is 61.0 Å². The Hall–Kier alpha value is -4.60. The van der Waals surface area contributed by atoms with Gasteiger partial charge >= 0.3 is 11.9 Å². The molecule has 0 aromatic heterocycles. The van der Waals surface area contributed by atoms with E-state index in [4.69, 9.17) is 9.47 Å². The molecule has 10 nitrogen and oxygen atoms in total. The fourth-order valence-corrected chi connectivity index (χ4v) is 5.25. The van der Waals surface area contributed by atoms with Crippen molar-refractivity contribution >= 4 is 41.4 Å². The van der Waals surface area contributed by atoms with Crippen LogP contribution in [0.1, 0.15) is 47.4 Å². The molecule has 39 heavy (non-hydrogen) atoms. The molecule has 2 aromatic carbocycles. The summed E-state index contributed by atoms with van der Waals surface area (Å²) in [5.74, 6) is -3.74. The Morgan fingerprint density at radius 3 is 2.26 bits per heavy atom. The summed E-state index contributed by atoms with van der Waals surface area (Å²) < 4.78 is 10.3. The average Bonchev–Trinajstić information content (AvgIpc) is 3.41. The average molecular weight is 530 g/mol. The Morgan fingerprint density at radius 2 is 1.59 bits per heavy atom. The summed E-state index contributed by atoms with van der Waals surface area (Å²) in [5.41, 5.74) is 0.927. The van der Waals surface area contributed by atoms with Crippen LogP contribution in [0.25, 0.3) is 0 Å². The number of esters is 2. The molecule has 10 heteroatoms. The molecule has 2 fully saturated rings. The van der Waals surface area contributed by atoms with Crippen molar-refractivity contribution < 1.29 is 33.4 Å². The van der Waals surface area contributed by atoms with Crippen LogP contribution in [-0.4, -0.2) is 59.5 Å². The number of imide groups is 1. The number of nitrogens with zero attached hydrogens (tertiary/aromatic N) is 3. The van der Waals surface area contributed by atoms with Crippen molar-refractivity contribution in [2.24, 2.45) is 16.9 Å². The highest BCUT2D eigenvalue weighted by atomic mass is 16.5. The van der Waals surface area contributed by atoms with Gasteiger partial charge < -0.3 is 9.47 Å². The Kier molecular flexibility index (Phi) is 7.10. The molecule has 4 atom stereocenters. The van der Waals surface area contributed by atoms with Crippen LogP contribution in [0, 0.1) is 11.8 Å². The number of hydrogen-bond acceptors (Lipinski definition) is 9. The molecule has 0 aliphatic carbocycles. The third-order valence-corrected chi connectivity index (χ3v) is 7.05. The maximum atomic E-state index is 13.8. The standard InChI is InChI=1S/C29H27N3O7/c1-3-4-16-38-29(37)19-7-11-20(12-8-19)31-27(35)23-22-6-5-15-30-32(22)25(24(23)28(31)36)26(34)18-9-13-21(14-10-18)39-17(2)33/h5-15,22-25H,3-4,16H2,1-2H3/t22-,23-,24-,25-/m0/s1. The number of allylic oxidation sites excluding steroid dienone is 1. The van der Waals surface area contributed by atoms with E-state index >= 15 is 0 Å². The van der Waals surface area contributed by atoms with Gasteiger partial charge in [-0.3, -0.25) is 24.2 Å². The van der Waals surface area contributed by atoms with E-state index in [1.54, 1.807) is 12.2 Å². The van der Waals surface area contributed by atoms with Crippen LogP contribution >= 0.6 is 0 Å². The number of Topliss-reactive ketones (excluding diaryl/α,β-unsaturated/α-hetero) is 1. The van der Waals surface area contributed by atoms with Gasteiger partial charge in [-0.15, -0.1) is 0 Å². The first kappa shape index (κ1) is 26.0. The second-order valence-corrected chi connectivity index (χ2v) is 9.55. The number of carbonyl (C=O) groups excluding carboxylic acids is 5. The van der Waals surface area contributed by atoms with Gasteiger partial charge in [0.2, 0.25) is 11.8 Å².